The second kappa shape index (κ2) is 10.3. The van der Waals surface area contributed by atoms with Gasteiger partial charge in [-0.15, -0.1) is 0 Å². The number of nitriles is 1. The smallest absolute Gasteiger partial charge is 0.164 e. The highest BCUT2D eigenvalue weighted by molar-refractivity contribution is 5.95. The Hall–Kier alpha value is -6.38. The zero-order valence-corrected chi connectivity index (χ0v) is 25.5. The van der Waals surface area contributed by atoms with E-state index in [0.29, 0.717) is 23.0 Å². The van der Waals surface area contributed by atoms with Crippen LogP contribution in [0.2, 0.25) is 0 Å². The third kappa shape index (κ3) is 3.99. The maximum atomic E-state index is 9.23. The van der Waals surface area contributed by atoms with Crippen LogP contribution < -0.4 is 4.74 Å². The Labute approximate surface area is 272 Å². The Bertz CT molecular complexity index is 2380. The van der Waals surface area contributed by atoms with Gasteiger partial charge in [-0.1, -0.05) is 109 Å². The van der Waals surface area contributed by atoms with Crippen LogP contribution >= 0.6 is 0 Å². The Morgan fingerprint density at radius 1 is 0.532 bits per heavy atom. The number of fused-ring (bicyclic) bond motifs is 9. The van der Waals surface area contributed by atoms with Gasteiger partial charge >= 0.3 is 0 Å². The van der Waals surface area contributed by atoms with E-state index in [1.54, 1.807) is 0 Å². The summed E-state index contributed by atoms with van der Waals surface area (Å²) in [7, 11) is 0. The van der Waals surface area contributed by atoms with Crippen molar-refractivity contribution in [2.75, 3.05) is 0 Å². The van der Waals surface area contributed by atoms with E-state index in [0.717, 1.165) is 56.0 Å². The van der Waals surface area contributed by atoms with Gasteiger partial charge in [0.05, 0.1) is 17.0 Å². The lowest BCUT2D eigenvalue weighted by Crippen LogP contribution is -2.32. The summed E-state index contributed by atoms with van der Waals surface area (Å²) in [4.78, 5) is 14.8. The standard InChI is InChI=1S/C42H26N4O/c1-26-44-40(30-11-8-10-29(24-30)28-22-20-27(25-43)21-23-28)46-41(45-26)32-13-9-17-36-39(32)31-12-2-3-14-33(31)42(36)34-15-4-6-18-37(34)47-38-19-7-5-16-35(38)42/h2-24H,1H3. The molecule has 5 nitrogen and oxygen atoms in total. The minimum absolute atomic E-state index is 0.562. The molecule has 0 atom stereocenters. The van der Waals surface area contributed by atoms with E-state index in [2.05, 4.69) is 97.1 Å². The third-order valence-corrected chi connectivity index (χ3v) is 9.33. The summed E-state index contributed by atoms with van der Waals surface area (Å²) in [6.07, 6.45) is 0. The summed E-state index contributed by atoms with van der Waals surface area (Å²) in [5.41, 5.74) is 10.9. The molecule has 0 unspecified atom stereocenters. The van der Waals surface area contributed by atoms with Gasteiger partial charge in [-0.2, -0.15) is 5.26 Å². The van der Waals surface area contributed by atoms with Crippen LogP contribution in [0, 0.1) is 18.3 Å². The van der Waals surface area contributed by atoms with Gasteiger partial charge in [0, 0.05) is 22.3 Å². The number of benzene rings is 6. The van der Waals surface area contributed by atoms with E-state index >= 15 is 0 Å². The second-order valence-electron chi connectivity index (χ2n) is 11.9. The maximum absolute atomic E-state index is 9.23. The number of aryl methyl sites for hydroxylation is 1. The number of aromatic nitrogens is 3. The molecule has 0 fully saturated rings. The summed E-state index contributed by atoms with van der Waals surface area (Å²) in [5.74, 6) is 3.62. The van der Waals surface area contributed by atoms with Crippen LogP contribution in [0.3, 0.4) is 0 Å². The highest BCUT2D eigenvalue weighted by atomic mass is 16.5. The Morgan fingerprint density at radius 2 is 1.13 bits per heavy atom. The third-order valence-electron chi connectivity index (χ3n) is 9.33. The monoisotopic (exact) mass is 602 g/mol. The first-order valence-corrected chi connectivity index (χ1v) is 15.6. The molecule has 7 aromatic rings. The normalized spacial score (nSPS) is 13.1. The summed E-state index contributed by atoms with van der Waals surface area (Å²) in [6.45, 7) is 1.92. The first-order chi connectivity index (χ1) is 23.1. The fourth-order valence-corrected chi connectivity index (χ4v) is 7.40. The van der Waals surface area contributed by atoms with Crippen molar-refractivity contribution >= 4 is 0 Å². The Kier molecular flexibility index (Phi) is 5.93. The summed E-state index contributed by atoms with van der Waals surface area (Å²) < 4.78 is 6.50. The highest BCUT2D eigenvalue weighted by Crippen LogP contribution is 2.63. The molecular weight excluding hydrogens is 576 g/mol. The molecule has 5 heteroatoms. The lowest BCUT2D eigenvalue weighted by molar-refractivity contribution is 0.436. The number of hydrogen-bond donors (Lipinski definition) is 0. The summed E-state index contributed by atoms with van der Waals surface area (Å²) in [6, 6.07) is 49.9. The number of nitrogens with zero attached hydrogens (tertiary/aromatic N) is 4. The van der Waals surface area contributed by atoms with E-state index in [9.17, 15) is 5.26 Å². The summed E-state index contributed by atoms with van der Waals surface area (Å²) in [5, 5.41) is 9.23. The van der Waals surface area contributed by atoms with Crippen molar-refractivity contribution in [1.29, 1.82) is 5.26 Å². The molecule has 1 aliphatic carbocycles. The van der Waals surface area contributed by atoms with E-state index < -0.39 is 5.41 Å². The second-order valence-corrected chi connectivity index (χ2v) is 11.9. The molecule has 0 saturated heterocycles. The molecular formula is C42H26N4O. The molecule has 0 saturated carbocycles. The molecule has 0 amide bonds. The van der Waals surface area contributed by atoms with Crippen LogP contribution in [0.5, 0.6) is 11.5 Å². The minimum atomic E-state index is -0.562. The fraction of sp³-hybridized carbons (Fsp3) is 0.0476. The molecule has 1 aliphatic heterocycles. The minimum Gasteiger partial charge on any atom is -0.457 e. The Balaban J connectivity index is 1.26. The largest absolute Gasteiger partial charge is 0.457 e. The van der Waals surface area contributed by atoms with Crippen LogP contribution in [-0.2, 0) is 5.41 Å². The van der Waals surface area contributed by atoms with Gasteiger partial charge in [0.25, 0.3) is 0 Å². The van der Waals surface area contributed by atoms with Crippen molar-refractivity contribution < 1.29 is 4.74 Å². The summed E-state index contributed by atoms with van der Waals surface area (Å²) >= 11 is 0. The van der Waals surface area contributed by atoms with E-state index in [1.807, 2.05) is 55.5 Å². The van der Waals surface area contributed by atoms with Crippen LogP contribution in [-0.4, -0.2) is 15.0 Å². The van der Waals surface area contributed by atoms with Crippen molar-refractivity contribution in [1.82, 2.24) is 15.0 Å². The van der Waals surface area contributed by atoms with Crippen LogP contribution in [0.1, 0.15) is 33.6 Å². The number of rotatable bonds is 3. The van der Waals surface area contributed by atoms with Crippen molar-refractivity contribution in [3.63, 3.8) is 0 Å². The van der Waals surface area contributed by atoms with Crippen LogP contribution in [0.15, 0.2) is 140 Å². The van der Waals surface area contributed by atoms with Crippen molar-refractivity contribution in [2.24, 2.45) is 0 Å². The topological polar surface area (TPSA) is 71.7 Å². The molecule has 1 spiro atoms. The van der Waals surface area contributed by atoms with Gasteiger partial charge in [0.15, 0.2) is 11.6 Å². The van der Waals surface area contributed by atoms with Gasteiger partial charge in [0.1, 0.15) is 17.3 Å². The molecule has 0 N–H and O–H groups in total. The Morgan fingerprint density at radius 3 is 1.87 bits per heavy atom. The molecule has 2 heterocycles. The van der Waals surface area contributed by atoms with E-state index in [-0.39, 0.29) is 0 Å². The first-order valence-electron chi connectivity index (χ1n) is 15.6. The van der Waals surface area contributed by atoms with E-state index in [1.165, 1.54) is 11.1 Å². The molecule has 47 heavy (non-hydrogen) atoms. The molecule has 2 aliphatic rings. The molecule has 1 aromatic heterocycles. The molecule has 220 valence electrons. The van der Waals surface area contributed by atoms with Gasteiger partial charge < -0.3 is 4.74 Å². The van der Waals surface area contributed by atoms with E-state index in [4.69, 9.17) is 19.7 Å². The zero-order valence-electron chi connectivity index (χ0n) is 25.5. The average molecular weight is 603 g/mol. The predicted molar refractivity (Wildman–Crippen MR) is 183 cm³/mol. The number of ether oxygens (including phenoxy) is 1. The van der Waals surface area contributed by atoms with Gasteiger partial charge in [-0.3, -0.25) is 0 Å². The van der Waals surface area contributed by atoms with Crippen molar-refractivity contribution in [3.05, 3.63) is 173 Å². The average Bonchev–Trinajstić information content (AvgIpc) is 3.42. The first kappa shape index (κ1) is 27.0. The fourth-order valence-electron chi connectivity index (χ4n) is 7.40. The SMILES string of the molecule is Cc1nc(-c2cccc(-c3ccc(C#N)cc3)c2)nc(-c2cccc3c2-c2ccccc2C32c3ccccc3Oc3ccccc32)n1. The predicted octanol–water partition coefficient (Wildman–Crippen LogP) is 9.52. The molecule has 6 aromatic carbocycles. The van der Waals surface area contributed by atoms with Gasteiger partial charge in [-0.25, -0.2) is 15.0 Å². The van der Waals surface area contributed by atoms with Gasteiger partial charge in [-0.05, 0) is 70.6 Å². The number of para-hydroxylation sites is 2. The van der Waals surface area contributed by atoms with Crippen molar-refractivity contribution in [3.8, 4) is 62.6 Å². The van der Waals surface area contributed by atoms with Crippen LogP contribution in [0.4, 0.5) is 0 Å². The number of hydrogen-bond acceptors (Lipinski definition) is 5. The van der Waals surface area contributed by atoms with Crippen molar-refractivity contribution in [2.45, 2.75) is 12.3 Å². The maximum Gasteiger partial charge on any atom is 0.164 e. The molecule has 9 rings (SSSR count). The van der Waals surface area contributed by atoms with Crippen LogP contribution in [0.25, 0.3) is 45.0 Å². The zero-order chi connectivity index (χ0) is 31.5. The highest BCUT2D eigenvalue weighted by Gasteiger charge is 2.51. The molecule has 0 bridgehead atoms. The lowest BCUT2D eigenvalue weighted by Gasteiger charge is -2.39. The lowest BCUT2D eigenvalue weighted by atomic mass is 9.66. The quantitative estimate of drug-likeness (QED) is 0.201. The molecule has 0 radical (unpaired) electrons. The van der Waals surface area contributed by atoms with Gasteiger partial charge in [0.2, 0.25) is 0 Å².